The molecule has 4 rings (SSSR count). The van der Waals surface area contributed by atoms with Gasteiger partial charge < -0.3 is 10.2 Å². The number of nitrogens with zero attached hydrogens (tertiary/aromatic N) is 4. The molecule has 0 unspecified atom stereocenters. The smallest absolute Gasteiger partial charge is 0.195 e. The first-order valence-electron chi connectivity index (χ1n) is 7.68. The largest absolute Gasteiger partial charge is 0.461 e. The molecule has 0 radical (unpaired) electrons. The van der Waals surface area contributed by atoms with Crippen LogP contribution in [0.25, 0.3) is 22.7 Å². The topological polar surface area (TPSA) is 102 Å². The quantitative estimate of drug-likeness (QED) is 0.795. The SMILES string of the molecule is CC1(c2cc(-c3cnc(-c4ccco4)nc3)c(C#N)c(N)n2)CC1. The first kappa shape index (κ1) is 14.4. The number of nitrogen functional groups attached to an aromatic ring is 1. The van der Waals surface area contributed by atoms with E-state index in [1.165, 1.54) is 0 Å². The van der Waals surface area contributed by atoms with Crippen LogP contribution in [0.4, 0.5) is 5.82 Å². The van der Waals surface area contributed by atoms with Gasteiger partial charge in [0.15, 0.2) is 11.6 Å². The summed E-state index contributed by atoms with van der Waals surface area (Å²) in [6, 6.07) is 7.66. The highest BCUT2D eigenvalue weighted by atomic mass is 16.3. The minimum Gasteiger partial charge on any atom is -0.461 e. The van der Waals surface area contributed by atoms with Gasteiger partial charge in [-0.25, -0.2) is 15.0 Å². The maximum absolute atomic E-state index is 9.45. The number of hydrogen-bond acceptors (Lipinski definition) is 6. The lowest BCUT2D eigenvalue weighted by Gasteiger charge is -2.13. The van der Waals surface area contributed by atoms with Gasteiger partial charge in [-0.3, -0.25) is 0 Å². The minimum absolute atomic E-state index is 0.0613. The summed E-state index contributed by atoms with van der Waals surface area (Å²) in [4.78, 5) is 13.1. The van der Waals surface area contributed by atoms with E-state index in [0.29, 0.717) is 17.1 Å². The molecule has 0 spiro atoms. The minimum atomic E-state index is 0.0613. The number of nitriles is 1. The molecule has 0 amide bonds. The molecule has 1 aliphatic rings. The summed E-state index contributed by atoms with van der Waals surface area (Å²) in [5.74, 6) is 1.36. The van der Waals surface area contributed by atoms with Gasteiger partial charge in [0.1, 0.15) is 17.5 Å². The predicted molar refractivity (Wildman–Crippen MR) is 88.7 cm³/mol. The van der Waals surface area contributed by atoms with Crippen LogP contribution in [0.1, 0.15) is 31.0 Å². The maximum atomic E-state index is 9.45. The summed E-state index contributed by atoms with van der Waals surface area (Å²) in [6.45, 7) is 2.15. The van der Waals surface area contributed by atoms with Crippen molar-refractivity contribution >= 4 is 5.82 Å². The second-order valence-corrected chi connectivity index (χ2v) is 6.26. The third-order valence-electron chi connectivity index (χ3n) is 4.48. The molecule has 0 aromatic carbocycles. The van der Waals surface area contributed by atoms with E-state index in [-0.39, 0.29) is 11.2 Å². The van der Waals surface area contributed by atoms with Crippen molar-refractivity contribution < 1.29 is 4.42 Å². The van der Waals surface area contributed by atoms with Gasteiger partial charge in [-0.05, 0) is 31.0 Å². The molecule has 6 nitrogen and oxygen atoms in total. The second-order valence-electron chi connectivity index (χ2n) is 6.26. The number of hydrogen-bond donors (Lipinski definition) is 1. The molecule has 1 aliphatic carbocycles. The highest BCUT2D eigenvalue weighted by Gasteiger charge is 2.41. The van der Waals surface area contributed by atoms with Crippen LogP contribution in [0, 0.1) is 11.3 Å². The van der Waals surface area contributed by atoms with Crippen LogP contribution in [0.5, 0.6) is 0 Å². The number of anilines is 1. The monoisotopic (exact) mass is 317 g/mol. The van der Waals surface area contributed by atoms with E-state index < -0.39 is 0 Å². The summed E-state index contributed by atoms with van der Waals surface area (Å²) in [6.07, 6.45) is 7.10. The fourth-order valence-corrected chi connectivity index (χ4v) is 2.66. The van der Waals surface area contributed by atoms with E-state index in [1.54, 1.807) is 30.8 Å². The van der Waals surface area contributed by atoms with Gasteiger partial charge in [0.2, 0.25) is 0 Å². The van der Waals surface area contributed by atoms with Crippen molar-refractivity contribution in [3.8, 4) is 28.8 Å². The van der Waals surface area contributed by atoms with Gasteiger partial charge in [-0.2, -0.15) is 5.26 Å². The zero-order valence-electron chi connectivity index (χ0n) is 13.2. The zero-order chi connectivity index (χ0) is 16.7. The van der Waals surface area contributed by atoms with Gasteiger partial charge in [-0.1, -0.05) is 6.92 Å². The summed E-state index contributed by atoms with van der Waals surface area (Å²) < 4.78 is 5.29. The Morgan fingerprint density at radius 3 is 2.62 bits per heavy atom. The van der Waals surface area contributed by atoms with Gasteiger partial charge in [0.25, 0.3) is 0 Å². The molecule has 0 atom stereocenters. The van der Waals surface area contributed by atoms with Crippen molar-refractivity contribution in [1.82, 2.24) is 15.0 Å². The Labute approximate surface area is 139 Å². The molecule has 118 valence electrons. The normalized spacial score (nSPS) is 15.0. The van der Waals surface area contributed by atoms with E-state index in [9.17, 15) is 5.26 Å². The Morgan fingerprint density at radius 1 is 1.29 bits per heavy atom. The highest BCUT2D eigenvalue weighted by Crippen LogP contribution is 2.48. The highest BCUT2D eigenvalue weighted by molar-refractivity contribution is 5.75. The Bertz CT molecular complexity index is 935. The molecule has 6 heteroatoms. The lowest BCUT2D eigenvalue weighted by molar-refractivity contribution is 0.577. The molecule has 2 N–H and O–H groups in total. The Balaban J connectivity index is 1.80. The van der Waals surface area contributed by atoms with Crippen LogP contribution < -0.4 is 5.73 Å². The molecular formula is C18H15N5O. The average Bonchev–Trinajstić information content (AvgIpc) is 3.12. The Kier molecular flexibility index (Phi) is 3.10. The summed E-state index contributed by atoms with van der Waals surface area (Å²) in [5.41, 5.74) is 8.81. The van der Waals surface area contributed by atoms with Crippen molar-refractivity contribution in [2.24, 2.45) is 0 Å². The summed E-state index contributed by atoms with van der Waals surface area (Å²) in [7, 11) is 0. The number of rotatable bonds is 3. The number of furan rings is 1. The second kappa shape index (κ2) is 5.17. The van der Waals surface area contributed by atoms with E-state index in [0.717, 1.165) is 29.7 Å². The average molecular weight is 317 g/mol. The fraction of sp³-hybridized carbons (Fsp3) is 0.222. The van der Waals surface area contributed by atoms with Crippen LogP contribution in [0.3, 0.4) is 0 Å². The predicted octanol–water partition coefficient (Wildman–Crippen LogP) is 3.30. The number of aromatic nitrogens is 3. The maximum Gasteiger partial charge on any atom is 0.195 e. The number of nitrogens with two attached hydrogens (primary N) is 1. The molecule has 0 aliphatic heterocycles. The lowest BCUT2D eigenvalue weighted by atomic mass is 9.97. The molecular weight excluding hydrogens is 302 g/mol. The van der Waals surface area contributed by atoms with Crippen LogP contribution in [0.15, 0.2) is 41.3 Å². The van der Waals surface area contributed by atoms with Crippen molar-refractivity contribution in [2.45, 2.75) is 25.2 Å². The standard InChI is InChI=1S/C18H15N5O/c1-18(4-5-18)15-7-12(13(8-19)16(20)23-15)11-9-21-17(22-10-11)14-3-2-6-24-14/h2-3,6-7,9-10H,4-5H2,1H3,(H2,20,23). The first-order chi connectivity index (χ1) is 11.6. The van der Waals surface area contributed by atoms with Crippen LogP contribution in [0.2, 0.25) is 0 Å². The van der Waals surface area contributed by atoms with Gasteiger partial charge in [0, 0.05) is 34.6 Å². The Morgan fingerprint density at radius 2 is 2.04 bits per heavy atom. The van der Waals surface area contributed by atoms with Crippen LogP contribution >= 0.6 is 0 Å². The molecule has 24 heavy (non-hydrogen) atoms. The van der Waals surface area contributed by atoms with Crippen LogP contribution in [-0.4, -0.2) is 15.0 Å². The Hall–Kier alpha value is -3.20. The van der Waals surface area contributed by atoms with E-state index in [4.69, 9.17) is 10.2 Å². The lowest BCUT2D eigenvalue weighted by Crippen LogP contribution is -2.08. The van der Waals surface area contributed by atoms with Crippen molar-refractivity contribution in [1.29, 1.82) is 5.26 Å². The molecule has 0 bridgehead atoms. The van der Waals surface area contributed by atoms with Gasteiger partial charge in [-0.15, -0.1) is 0 Å². The third kappa shape index (κ3) is 2.31. The fourth-order valence-electron chi connectivity index (χ4n) is 2.66. The van der Waals surface area contributed by atoms with E-state index in [2.05, 4.69) is 27.9 Å². The zero-order valence-corrected chi connectivity index (χ0v) is 13.2. The number of pyridine rings is 1. The van der Waals surface area contributed by atoms with Gasteiger partial charge in [0.05, 0.1) is 6.26 Å². The van der Waals surface area contributed by atoms with Crippen molar-refractivity contribution in [2.75, 3.05) is 5.73 Å². The molecule has 1 saturated carbocycles. The molecule has 0 saturated heterocycles. The first-order valence-corrected chi connectivity index (χ1v) is 7.68. The molecule has 3 aromatic heterocycles. The third-order valence-corrected chi connectivity index (χ3v) is 4.48. The van der Waals surface area contributed by atoms with E-state index in [1.807, 2.05) is 6.07 Å². The summed E-state index contributed by atoms with van der Waals surface area (Å²) in [5, 5.41) is 9.45. The molecule has 3 aromatic rings. The van der Waals surface area contributed by atoms with Crippen LogP contribution in [-0.2, 0) is 5.41 Å². The van der Waals surface area contributed by atoms with Gasteiger partial charge >= 0.3 is 0 Å². The molecule has 1 fully saturated rings. The molecule has 3 heterocycles. The van der Waals surface area contributed by atoms with Crippen molar-refractivity contribution in [3.05, 3.63) is 48.1 Å². The van der Waals surface area contributed by atoms with E-state index >= 15 is 0 Å². The van der Waals surface area contributed by atoms with Crippen molar-refractivity contribution in [3.63, 3.8) is 0 Å². The summed E-state index contributed by atoms with van der Waals surface area (Å²) >= 11 is 0.